The number of nitrogens with zero attached hydrogens (tertiary/aromatic N) is 2. The maximum absolute atomic E-state index is 6.95. The Hall–Kier alpha value is -11.2. The minimum absolute atomic E-state index is 0.242. The fraction of sp³-hybridized carbons (Fsp3) is 0.0698. The van der Waals surface area contributed by atoms with Crippen LogP contribution in [0.5, 0.6) is 0 Å². The molecule has 17 rings (SSSR count). The molecule has 1 aliphatic carbocycles. The molecule has 4 heteroatoms. The van der Waals surface area contributed by atoms with Crippen molar-refractivity contribution in [2.45, 2.75) is 39.5 Å². The first-order valence-electron chi connectivity index (χ1n) is 31.5. The summed E-state index contributed by atoms with van der Waals surface area (Å²) in [6.07, 6.45) is 0. The average Bonchev–Trinajstić information content (AvgIpc) is 0.739. The summed E-state index contributed by atoms with van der Waals surface area (Å²) in [5.74, 6) is 0.483. The van der Waals surface area contributed by atoms with Gasteiger partial charge in [0.2, 0.25) is 0 Å². The summed E-state index contributed by atoms with van der Waals surface area (Å²) >= 11 is 0. The van der Waals surface area contributed by atoms with E-state index in [0.717, 1.165) is 100 Å². The van der Waals surface area contributed by atoms with E-state index in [-0.39, 0.29) is 11.8 Å². The van der Waals surface area contributed by atoms with E-state index < -0.39 is 0 Å². The first kappa shape index (κ1) is 53.1. The van der Waals surface area contributed by atoms with Crippen molar-refractivity contribution in [3.8, 4) is 66.8 Å². The van der Waals surface area contributed by atoms with E-state index in [9.17, 15) is 0 Å². The van der Waals surface area contributed by atoms with Crippen LogP contribution in [0, 0.1) is 0 Å². The molecule has 14 aromatic carbocycles. The lowest BCUT2D eigenvalue weighted by molar-refractivity contribution is 0.668. The second kappa shape index (κ2) is 21.3. The zero-order valence-corrected chi connectivity index (χ0v) is 50.6. The summed E-state index contributed by atoms with van der Waals surface area (Å²) in [7, 11) is 0. The summed E-state index contributed by atoms with van der Waals surface area (Å²) < 4.78 is 13.9. The Balaban J connectivity index is 1.01. The van der Waals surface area contributed by atoms with Gasteiger partial charge in [-0.05, 0) is 172 Å². The molecule has 1 aliphatic rings. The third kappa shape index (κ3) is 8.28. The van der Waals surface area contributed by atoms with Crippen molar-refractivity contribution in [3.63, 3.8) is 0 Å². The minimum atomic E-state index is 0.242. The number of rotatable bonds is 12. The zero-order chi connectivity index (χ0) is 60.1. The smallest absolute Gasteiger partial charge is 0.159 e. The van der Waals surface area contributed by atoms with Gasteiger partial charge in [0.05, 0.1) is 11.4 Å². The zero-order valence-electron chi connectivity index (χ0n) is 50.6. The molecule has 2 aromatic heterocycles. The van der Waals surface area contributed by atoms with Crippen LogP contribution >= 0.6 is 0 Å². The normalized spacial score (nSPS) is 12.0. The molecule has 0 spiro atoms. The minimum Gasteiger partial charge on any atom is -0.454 e. The number of benzene rings is 14. The van der Waals surface area contributed by atoms with Crippen molar-refractivity contribution >= 4 is 99.5 Å². The Morgan fingerprint density at radius 3 is 0.900 bits per heavy atom. The third-order valence-electron chi connectivity index (χ3n) is 18.7. The molecule has 0 atom stereocenters. The highest BCUT2D eigenvalue weighted by Gasteiger charge is 2.39. The highest BCUT2D eigenvalue weighted by molar-refractivity contribution is 6.33. The maximum atomic E-state index is 6.95. The van der Waals surface area contributed by atoms with Gasteiger partial charge in [-0.2, -0.15) is 0 Å². The first-order chi connectivity index (χ1) is 44.4. The second-order valence-electron chi connectivity index (χ2n) is 24.5. The number of para-hydroxylation sites is 6. The van der Waals surface area contributed by atoms with Crippen molar-refractivity contribution in [2.24, 2.45) is 0 Å². The van der Waals surface area contributed by atoms with E-state index in [4.69, 9.17) is 8.83 Å². The van der Waals surface area contributed by atoms with Gasteiger partial charge in [-0.15, -0.1) is 0 Å². The number of hydrogen-bond donors (Lipinski definition) is 0. The SMILES string of the molecule is CC(C)c1ccccc1N(c1ccc2c(-c3ccccc3)c3c(c(-c4ccccc4)c2c1)-c1c-3c(-c2ccccc2)c2cc(N(c3ccccc3C(C)C)c3cccc4c3oc3ccccc34)ccc2c1-c1ccccc1)c1cccc2c1oc1ccccc12. The van der Waals surface area contributed by atoms with Crippen LogP contribution in [0.1, 0.15) is 50.7 Å². The lowest BCUT2D eigenvalue weighted by atomic mass is 9.65. The molecule has 2 heterocycles. The molecule has 0 saturated heterocycles. The van der Waals surface area contributed by atoms with E-state index in [1.807, 2.05) is 0 Å². The summed E-state index contributed by atoms with van der Waals surface area (Å²) in [6.45, 7) is 9.16. The Labute approximate surface area is 523 Å². The topological polar surface area (TPSA) is 32.8 Å². The van der Waals surface area contributed by atoms with Gasteiger partial charge in [0.1, 0.15) is 11.2 Å². The molecule has 0 bridgehead atoms. The van der Waals surface area contributed by atoms with Crippen LogP contribution in [-0.4, -0.2) is 0 Å². The standard InChI is InChI=1S/C86H62N2O2/c1-53(2)61-35-17-21-41-71(61)87(73-43-25-39-67-63-37-19-23-45-75(63)89-85(67)73)59-47-49-65-69(51-59)79(57-31-13-7-14-32-57)83-81(77(65)55-27-9-5-10-28-55)84-80(58-33-15-8-16-34-58)70-52-60(48-50-66(70)78(82(83)84)56-29-11-6-12-30-56)88(72-42-22-18-36-62(72)54(3)4)74-44-26-40-68-64-38-20-24-46-76(64)90-86(68)74/h5-54H,1-4H3. The molecule has 0 N–H and O–H groups in total. The number of anilines is 6. The molecule has 90 heavy (non-hydrogen) atoms. The van der Waals surface area contributed by atoms with Crippen LogP contribution in [-0.2, 0) is 0 Å². The molecule has 0 fully saturated rings. The summed E-state index contributed by atoms with van der Waals surface area (Å²) in [6, 6.07) is 107. The van der Waals surface area contributed by atoms with E-state index in [1.165, 1.54) is 77.2 Å². The number of hydrogen-bond acceptors (Lipinski definition) is 4. The summed E-state index contributed by atoms with van der Waals surface area (Å²) in [5.41, 5.74) is 26.7. The second-order valence-corrected chi connectivity index (χ2v) is 24.5. The van der Waals surface area contributed by atoms with Gasteiger partial charge in [0.15, 0.2) is 11.2 Å². The lowest BCUT2D eigenvalue weighted by Gasteiger charge is -2.38. The monoisotopic (exact) mass is 1150 g/mol. The van der Waals surface area contributed by atoms with Crippen molar-refractivity contribution in [3.05, 3.63) is 302 Å². The van der Waals surface area contributed by atoms with Gasteiger partial charge in [-0.3, -0.25) is 0 Å². The van der Waals surface area contributed by atoms with E-state index >= 15 is 0 Å². The van der Waals surface area contributed by atoms with Gasteiger partial charge >= 0.3 is 0 Å². The molecule has 0 amide bonds. The quantitative estimate of drug-likeness (QED) is 0.122. The Bertz CT molecular complexity index is 5130. The average molecular weight is 1160 g/mol. The number of fused-ring (bicyclic) bond motifs is 12. The van der Waals surface area contributed by atoms with Crippen LogP contribution in [0.2, 0.25) is 0 Å². The van der Waals surface area contributed by atoms with Gasteiger partial charge in [-0.1, -0.05) is 258 Å². The predicted molar refractivity (Wildman–Crippen MR) is 380 cm³/mol. The third-order valence-corrected chi connectivity index (χ3v) is 18.7. The van der Waals surface area contributed by atoms with Crippen LogP contribution in [0.3, 0.4) is 0 Å². The molecule has 16 aromatic rings. The fourth-order valence-corrected chi connectivity index (χ4v) is 14.8. The summed E-state index contributed by atoms with van der Waals surface area (Å²) in [4.78, 5) is 4.91. The molecule has 4 nitrogen and oxygen atoms in total. The van der Waals surface area contributed by atoms with Gasteiger partial charge in [0, 0.05) is 44.3 Å². The molecule has 0 radical (unpaired) electrons. The fourth-order valence-electron chi connectivity index (χ4n) is 14.8. The molecule has 428 valence electrons. The van der Waals surface area contributed by atoms with Crippen molar-refractivity contribution in [1.29, 1.82) is 0 Å². The van der Waals surface area contributed by atoms with Crippen LogP contribution in [0.4, 0.5) is 34.1 Å². The lowest BCUT2D eigenvalue weighted by Crippen LogP contribution is -2.14. The van der Waals surface area contributed by atoms with Gasteiger partial charge in [0.25, 0.3) is 0 Å². The van der Waals surface area contributed by atoms with E-state index in [2.05, 4.69) is 329 Å². The predicted octanol–water partition coefficient (Wildman–Crippen LogP) is 25.3. The van der Waals surface area contributed by atoms with E-state index in [1.54, 1.807) is 0 Å². The Morgan fingerprint density at radius 2 is 0.533 bits per heavy atom. The summed E-state index contributed by atoms with van der Waals surface area (Å²) in [5, 5.41) is 9.06. The molecular formula is C86H62N2O2. The molecule has 0 saturated carbocycles. The van der Waals surface area contributed by atoms with Gasteiger partial charge < -0.3 is 18.6 Å². The van der Waals surface area contributed by atoms with E-state index in [0.29, 0.717) is 0 Å². The van der Waals surface area contributed by atoms with Crippen molar-refractivity contribution in [1.82, 2.24) is 0 Å². The van der Waals surface area contributed by atoms with Crippen molar-refractivity contribution < 1.29 is 8.83 Å². The van der Waals surface area contributed by atoms with Gasteiger partial charge in [-0.25, -0.2) is 0 Å². The highest BCUT2D eigenvalue weighted by atomic mass is 16.3. The Kier molecular flexibility index (Phi) is 12.6. The van der Waals surface area contributed by atoms with Crippen LogP contribution < -0.4 is 9.80 Å². The Morgan fingerprint density at radius 1 is 0.233 bits per heavy atom. The maximum Gasteiger partial charge on any atom is 0.159 e. The molecular weight excluding hydrogens is 1090 g/mol. The van der Waals surface area contributed by atoms with Crippen molar-refractivity contribution in [2.75, 3.05) is 9.80 Å². The molecule has 0 aliphatic heterocycles. The largest absolute Gasteiger partial charge is 0.454 e. The highest BCUT2D eigenvalue weighted by Crippen LogP contribution is 2.66. The number of furan rings is 2. The first-order valence-corrected chi connectivity index (χ1v) is 31.5. The van der Waals surface area contributed by atoms with Crippen LogP contribution in [0.15, 0.2) is 300 Å². The molecule has 0 unspecified atom stereocenters. The van der Waals surface area contributed by atoms with Crippen LogP contribution in [0.25, 0.3) is 132 Å².